The molecule has 2 aromatic carbocycles. The zero-order valence-corrected chi connectivity index (χ0v) is 14.3. The highest BCUT2D eigenvalue weighted by atomic mass is 16.5. The fourth-order valence-electron chi connectivity index (χ4n) is 4.35. The number of hydrogen-bond acceptors (Lipinski definition) is 2. The van der Waals surface area contributed by atoms with Crippen LogP contribution in [0.25, 0.3) is 11.1 Å². The van der Waals surface area contributed by atoms with E-state index in [1.807, 2.05) is 6.07 Å². The van der Waals surface area contributed by atoms with Gasteiger partial charge in [0.25, 0.3) is 0 Å². The summed E-state index contributed by atoms with van der Waals surface area (Å²) in [5, 5.41) is 0. The number of nitrogens with zero attached hydrogens (tertiary/aromatic N) is 1. The summed E-state index contributed by atoms with van der Waals surface area (Å²) in [4.78, 5) is 0. The first-order valence-corrected chi connectivity index (χ1v) is 8.25. The van der Waals surface area contributed by atoms with Crippen molar-refractivity contribution in [1.29, 1.82) is 0 Å². The van der Waals surface area contributed by atoms with Gasteiger partial charge in [-0.05, 0) is 22.8 Å². The van der Waals surface area contributed by atoms with Crippen LogP contribution in [0.5, 0.6) is 11.5 Å². The Labute approximate surface area is 138 Å². The maximum atomic E-state index is 5.74. The van der Waals surface area contributed by atoms with Crippen molar-refractivity contribution in [3.63, 3.8) is 0 Å². The number of benzene rings is 2. The zero-order valence-electron chi connectivity index (χ0n) is 14.3. The van der Waals surface area contributed by atoms with Gasteiger partial charge in [0.05, 0.1) is 34.9 Å². The molecule has 2 aromatic rings. The maximum absolute atomic E-state index is 5.74. The average molecular weight is 310 g/mol. The molecule has 0 bridgehead atoms. The van der Waals surface area contributed by atoms with Gasteiger partial charge in [0.15, 0.2) is 11.5 Å². The van der Waals surface area contributed by atoms with E-state index in [0.29, 0.717) is 6.04 Å². The van der Waals surface area contributed by atoms with E-state index in [9.17, 15) is 0 Å². The zero-order chi connectivity index (χ0) is 16.2. The summed E-state index contributed by atoms with van der Waals surface area (Å²) in [5.74, 6) is 1.68. The highest BCUT2D eigenvalue weighted by Crippen LogP contribution is 2.51. The second-order valence-electron chi connectivity index (χ2n) is 7.19. The molecule has 3 heteroatoms. The minimum atomic E-state index is 0.528. The Kier molecular flexibility index (Phi) is 3.17. The average Bonchev–Trinajstić information content (AvgIpc) is 2.57. The Morgan fingerprint density at radius 2 is 1.83 bits per heavy atom. The Morgan fingerprint density at radius 1 is 1.00 bits per heavy atom. The molecule has 0 radical (unpaired) electrons. The van der Waals surface area contributed by atoms with Crippen LogP contribution in [0.4, 0.5) is 0 Å². The van der Waals surface area contributed by atoms with Gasteiger partial charge in [-0.25, -0.2) is 0 Å². The van der Waals surface area contributed by atoms with Gasteiger partial charge >= 0.3 is 0 Å². The predicted molar refractivity (Wildman–Crippen MR) is 92.1 cm³/mol. The van der Waals surface area contributed by atoms with Gasteiger partial charge < -0.3 is 14.0 Å². The van der Waals surface area contributed by atoms with Crippen molar-refractivity contribution in [3.8, 4) is 22.6 Å². The first-order valence-electron chi connectivity index (χ1n) is 8.25. The molecule has 0 saturated heterocycles. The third kappa shape index (κ3) is 1.99. The lowest BCUT2D eigenvalue weighted by Crippen LogP contribution is -2.49. The summed E-state index contributed by atoms with van der Waals surface area (Å²) in [6, 6.07) is 11.5. The molecule has 1 atom stereocenters. The lowest BCUT2D eigenvalue weighted by atomic mass is 9.76. The molecule has 0 fully saturated rings. The summed E-state index contributed by atoms with van der Waals surface area (Å²) in [6.07, 6.45) is 2.21. The predicted octanol–water partition coefficient (Wildman–Crippen LogP) is 3.60. The number of ether oxygens (including phenoxy) is 2. The van der Waals surface area contributed by atoms with Gasteiger partial charge in [-0.3, -0.25) is 0 Å². The number of methoxy groups -OCH3 is 2. The van der Waals surface area contributed by atoms with E-state index < -0.39 is 0 Å². The molecule has 0 amide bonds. The van der Waals surface area contributed by atoms with E-state index in [-0.39, 0.29) is 0 Å². The number of likely N-dealkylation sites (N-methyl/N-ethyl adjacent to an activating group) is 1. The normalized spacial score (nSPS) is 20.4. The summed E-state index contributed by atoms with van der Waals surface area (Å²) in [5.41, 5.74) is 6.94. The van der Waals surface area contributed by atoms with Gasteiger partial charge in [-0.15, -0.1) is 0 Å². The molecule has 0 saturated carbocycles. The summed E-state index contributed by atoms with van der Waals surface area (Å²) in [7, 11) is 8.15. The monoisotopic (exact) mass is 310 g/mol. The van der Waals surface area contributed by atoms with Gasteiger partial charge in [0, 0.05) is 24.0 Å². The highest BCUT2D eigenvalue weighted by molar-refractivity contribution is 5.82. The van der Waals surface area contributed by atoms with Gasteiger partial charge in [0.2, 0.25) is 0 Å². The quantitative estimate of drug-likeness (QED) is 0.789. The molecule has 0 aromatic heterocycles. The summed E-state index contributed by atoms with van der Waals surface area (Å²) < 4.78 is 12.3. The van der Waals surface area contributed by atoms with E-state index in [0.717, 1.165) is 28.8 Å². The van der Waals surface area contributed by atoms with Gasteiger partial charge in [0.1, 0.15) is 6.04 Å². The third-order valence-electron chi connectivity index (χ3n) is 5.65. The van der Waals surface area contributed by atoms with E-state index in [2.05, 4.69) is 38.4 Å². The van der Waals surface area contributed by atoms with E-state index in [1.165, 1.54) is 34.4 Å². The second-order valence-corrected chi connectivity index (χ2v) is 7.19. The Hall–Kier alpha value is -2.00. The number of rotatable bonds is 2. The molecule has 1 aliphatic carbocycles. The third-order valence-corrected chi connectivity index (χ3v) is 5.65. The molecular weight excluding hydrogens is 286 g/mol. The highest BCUT2D eigenvalue weighted by Gasteiger charge is 2.41. The minimum Gasteiger partial charge on any atom is -0.493 e. The van der Waals surface area contributed by atoms with Crippen molar-refractivity contribution >= 4 is 0 Å². The van der Waals surface area contributed by atoms with E-state index >= 15 is 0 Å². The van der Waals surface area contributed by atoms with Crippen molar-refractivity contribution in [2.24, 2.45) is 0 Å². The largest absolute Gasteiger partial charge is 0.493 e. The molecule has 3 nitrogen and oxygen atoms in total. The Balaban J connectivity index is 2.03. The summed E-state index contributed by atoms with van der Waals surface area (Å²) >= 11 is 0. The van der Waals surface area contributed by atoms with Crippen molar-refractivity contribution in [3.05, 3.63) is 47.0 Å². The number of hydrogen-bond donors (Lipinski definition) is 0. The van der Waals surface area contributed by atoms with Crippen LogP contribution in [0.3, 0.4) is 0 Å². The van der Waals surface area contributed by atoms with Crippen molar-refractivity contribution in [1.82, 2.24) is 0 Å². The van der Waals surface area contributed by atoms with Crippen LogP contribution in [-0.4, -0.2) is 39.3 Å². The summed E-state index contributed by atoms with van der Waals surface area (Å²) in [6.45, 7) is 1.20. The van der Waals surface area contributed by atoms with Crippen LogP contribution in [0, 0.1) is 0 Å². The fraction of sp³-hybridized carbons (Fsp3) is 0.400. The molecule has 0 N–H and O–H groups in total. The molecule has 1 aliphatic heterocycles. The van der Waals surface area contributed by atoms with Crippen LogP contribution in [-0.2, 0) is 12.8 Å². The first-order chi connectivity index (χ1) is 11.1. The number of fused-ring (bicyclic) bond motifs is 2. The van der Waals surface area contributed by atoms with Crippen molar-refractivity contribution in [2.45, 2.75) is 18.9 Å². The fourth-order valence-corrected chi connectivity index (χ4v) is 4.35. The van der Waals surface area contributed by atoms with Crippen LogP contribution in [0.15, 0.2) is 30.3 Å². The van der Waals surface area contributed by atoms with E-state index in [1.54, 1.807) is 14.2 Å². The standard InChI is InChI=1S/C20H24NO2/c1-21(2)11-10-13-6-5-7-15-18(13)16(21)12-14-8-9-17(22-3)20(23-4)19(14)15/h5-9,16H,10-12H2,1-4H3/q+1/t16-/m1/s1. The van der Waals surface area contributed by atoms with E-state index in [4.69, 9.17) is 9.47 Å². The molecule has 4 rings (SSSR count). The van der Waals surface area contributed by atoms with Gasteiger partial charge in [-0.1, -0.05) is 24.3 Å². The topological polar surface area (TPSA) is 18.5 Å². The Bertz CT molecular complexity index is 779. The molecule has 2 aliphatic rings. The lowest BCUT2D eigenvalue weighted by Gasteiger charge is -2.46. The molecule has 120 valence electrons. The molecule has 0 spiro atoms. The molecular formula is C20H24NO2+. The molecule has 1 heterocycles. The SMILES string of the molecule is COc1ccc2c(c1OC)-c1cccc3c1[C@@H](C2)[N+](C)(C)CC3. The van der Waals surface area contributed by atoms with Crippen LogP contribution in [0.2, 0.25) is 0 Å². The van der Waals surface area contributed by atoms with Gasteiger partial charge in [-0.2, -0.15) is 0 Å². The minimum absolute atomic E-state index is 0.528. The lowest BCUT2D eigenvalue weighted by molar-refractivity contribution is -0.923. The van der Waals surface area contributed by atoms with Crippen molar-refractivity contribution < 1.29 is 14.0 Å². The maximum Gasteiger partial charge on any atom is 0.168 e. The van der Waals surface area contributed by atoms with Crippen LogP contribution >= 0.6 is 0 Å². The second kappa shape index (κ2) is 5.00. The first kappa shape index (κ1) is 14.6. The van der Waals surface area contributed by atoms with Crippen molar-refractivity contribution in [2.75, 3.05) is 34.9 Å². The smallest absolute Gasteiger partial charge is 0.168 e. The Morgan fingerprint density at radius 3 is 2.57 bits per heavy atom. The molecule has 0 unspecified atom stereocenters. The van der Waals surface area contributed by atoms with Crippen LogP contribution < -0.4 is 9.47 Å². The number of quaternary nitrogens is 1. The van der Waals surface area contributed by atoms with Crippen LogP contribution in [0.1, 0.15) is 22.7 Å². The molecule has 23 heavy (non-hydrogen) atoms.